The number of nitrogens with zero attached hydrogens (tertiary/aromatic N) is 1. The minimum Gasteiger partial charge on any atom is -0.464 e. The number of benzene rings is 2. The van der Waals surface area contributed by atoms with Crippen molar-refractivity contribution in [2.45, 2.75) is 0 Å². The van der Waals surface area contributed by atoms with E-state index >= 15 is 0 Å². The van der Waals surface area contributed by atoms with E-state index in [2.05, 4.69) is 4.98 Å². The van der Waals surface area contributed by atoms with Crippen LogP contribution < -0.4 is 9.47 Å². The molecule has 2 aromatic carbocycles. The molecule has 0 bridgehead atoms. The molecular weight excluding hydrogens is 322 g/mol. The highest BCUT2D eigenvalue weighted by Gasteiger charge is 2.07. The maximum atomic E-state index is 5.67. The Kier molecular flexibility index (Phi) is 5.66. The van der Waals surface area contributed by atoms with Crippen LogP contribution in [0.4, 0.5) is 0 Å². The third-order valence-electron chi connectivity index (χ3n) is 3.36. The van der Waals surface area contributed by atoms with E-state index in [4.69, 9.17) is 23.4 Å². The Morgan fingerprint density at radius 3 is 2.44 bits per heavy atom. The highest BCUT2D eigenvalue weighted by Crippen LogP contribution is 2.29. The first-order chi connectivity index (χ1) is 12.3. The second-order valence-corrected chi connectivity index (χ2v) is 5.16. The van der Waals surface area contributed by atoms with E-state index in [9.17, 15) is 0 Å². The predicted molar refractivity (Wildman–Crippen MR) is 94.4 cm³/mol. The highest BCUT2D eigenvalue weighted by molar-refractivity contribution is 5.76. The van der Waals surface area contributed by atoms with E-state index in [1.54, 1.807) is 14.2 Å². The molecule has 0 unspecified atom stereocenters. The number of fused-ring (bicyclic) bond motifs is 1. The van der Waals surface area contributed by atoms with Gasteiger partial charge in [-0.05, 0) is 35.9 Å². The van der Waals surface area contributed by atoms with Gasteiger partial charge in [0.15, 0.2) is 30.7 Å². The summed E-state index contributed by atoms with van der Waals surface area (Å²) in [4.78, 5) is 4.41. The van der Waals surface area contributed by atoms with E-state index in [0.29, 0.717) is 17.4 Å². The van der Waals surface area contributed by atoms with E-state index in [0.717, 1.165) is 16.7 Å². The lowest BCUT2D eigenvalue weighted by Crippen LogP contribution is -2.04. The van der Waals surface area contributed by atoms with Crippen molar-refractivity contribution in [1.82, 2.24) is 4.98 Å². The number of aromatic nitrogens is 1. The van der Waals surface area contributed by atoms with Crippen LogP contribution in [0, 0.1) is 0 Å². The van der Waals surface area contributed by atoms with Gasteiger partial charge in [0.2, 0.25) is 5.89 Å². The summed E-state index contributed by atoms with van der Waals surface area (Å²) in [7, 11) is 3.12. The lowest BCUT2D eigenvalue weighted by molar-refractivity contribution is 0.0322. The maximum Gasteiger partial charge on any atom is 0.220 e. The Hall–Kier alpha value is -2.83. The van der Waals surface area contributed by atoms with Crippen molar-refractivity contribution in [3.05, 3.63) is 53.9 Å². The quantitative estimate of drug-likeness (QED) is 0.578. The fraction of sp³-hybridized carbons (Fsp3) is 0.211. The summed E-state index contributed by atoms with van der Waals surface area (Å²) < 4.78 is 26.6. The van der Waals surface area contributed by atoms with Gasteiger partial charge in [0, 0.05) is 20.3 Å². The van der Waals surface area contributed by atoms with Crippen LogP contribution in [0.3, 0.4) is 0 Å². The molecule has 0 spiro atoms. The molecule has 0 amide bonds. The second kappa shape index (κ2) is 8.32. The lowest BCUT2D eigenvalue weighted by atomic mass is 10.2. The SMILES string of the molecule is COCOc1ccc(/C=C/c2nc3ccccc3o2)cc1OCOC. The number of rotatable bonds is 8. The fourth-order valence-electron chi connectivity index (χ4n) is 2.23. The Morgan fingerprint density at radius 2 is 1.68 bits per heavy atom. The molecule has 0 saturated heterocycles. The van der Waals surface area contributed by atoms with Gasteiger partial charge < -0.3 is 23.4 Å². The summed E-state index contributed by atoms with van der Waals surface area (Å²) in [6, 6.07) is 13.2. The van der Waals surface area contributed by atoms with E-state index in [1.807, 2.05) is 54.6 Å². The normalized spacial score (nSPS) is 11.3. The lowest BCUT2D eigenvalue weighted by Gasteiger charge is -2.12. The largest absolute Gasteiger partial charge is 0.464 e. The van der Waals surface area contributed by atoms with Crippen molar-refractivity contribution < 1.29 is 23.4 Å². The molecule has 3 rings (SSSR count). The Bertz CT molecular complexity index is 823. The van der Waals surface area contributed by atoms with E-state index in [1.165, 1.54) is 0 Å². The van der Waals surface area contributed by atoms with Gasteiger partial charge in [-0.1, -0.05) is 18.2 Å². The van der Waals surface area contributed by atoms with E-state index < -0.39 is 0 Å². The molecule has 3 aromatic rings. The van der Waals surface area contributed by atoms with Crippen LogP contribution in [0.1, 0.15) is 11.5 Å². The smallest absolute Gasteiger partial charge is 0.220 e. The average Bonchev–Trinajstić information content (AvgIpc) is 3.06. The van der Waals surface area contributed by atoms with Crippen molar-refractivity contribution in [3.63, 3.8) is 0 Å². The summed E-state index contributed by atoms with van der Waals surface area (Å²) in [5.74, 6) is 1.69. The molecule has 0 saturated carbocycles. The van der Waals surface area contributed by atoms with Crippen molar-refractivity contribution >= 4 is 23.3 Å². The maximum absolute atomic E-state index is 5.67. The summed E-state index contributed by atoms with van der Waals surface area (Å²) >= 11 is 0. The van der Waals surface area contributed by atoms with Crippen LogP contribution in [0.15, 0.2) is 46.9 Å². The van der Waals surface area contributed by atoms with Gasteiger partial charge in [-0.15, -0.1) is 0 Å². The van der Waals surface area contributed by atoms with Gasteiger partial charge >= 0.3 is 0 Å². The first-order valence-electron chi connectivity index (χ1n) is 7.71. The topological polar surface area (TPSA) is 63.0 Å². The number of hydrogen-bond acceptors (Lipinski definition) is 6. The first kappa shape index (κ1) is 17.0. The second-order valence-electron chi connectivity index (χ2n) is 5.16. The monoisotopic (exact) mass is 341 g/mol. The summed E-state index contributed by atoms with van der Waals surface area (Å²) in [5, 5.41) is 0. The summed E-state index contributed by atoms with van der Waals surface area (Å²) in [6.07, 6.45) is 3.70. The third kappa shape index (κ3) is 4.37. The molecule has 25 heavy (non-hydrogen) atoms. The molecule has 0 atom stereocenters. The Balaban J connectivity index is 1.80. The summed E-state index contributed by atoms with van der Waals surface area (Å²) in [5.41, 5.74) is 2.50. The molecule has 0 aliphatic rings. The van der Waals surface area contributed by atoms with Crippen LogP contribution in [-0.2, 0) is 9.47 Å². The molecule has 0 aliphatic heterocycles. The Morgan fingerprint density at radius 1 is 0.920 bits per heavy atom. The van der Waals surface area contributed by atoms with Crippen molar-refractivity contribution in [3.8, 4) is 11.5 Å². The van der Waals surface area contributed by atoms with Gasteiger partial charge in [-0.2, -0.15) is 0 Å². The molecule has 130 valence electrons. The van der Waals surface area contributed by atoms with Crippen molar-refractivity contribution in [2.24, 2.45) is 0 Å². The number of methoxy groups -OCH3 is 2. The Labute approximate surface area is 145 Å². The molecular formula is C19H19NO5. The number of para-hydroxylation sites is 2. The number of ether oxygens (including phenoxy) is 4. The van der Waals surface area contributed by atoms with Crippen LogP contribution in [0.25, 0.3) is 23.3 Å². The standard InChI is InChI=1S/C19H19NO5/c1-21-12-23-17-9-7-14(11-18(17)24-13-22-2)8-10-19-20-15-5-3-4-6-16(15)25-19/h3-11H,12-13H2,1-2H3/b10-8+. The molecule has 0 N–H and O–H groups in total. The predicted octanol–water partition coefficient (Wildman–Crippen LogP) is 3.96. The molecule has 1 heterocycles. The zero-order valence-corrected chi connectivity index (χ0v) is 14.1. The van der Waals surface area contributed by atoms with Crippen LogP contribution >= 0.6 is 0 Å². The van der Waals surface area contributed by atoms with Crippen molar-refractivity contribution in [1.29, 1.82) is 0 Å². The minimum absolute atomic E-state index is 0.127. The molecule has 0 aliphatic carbocycles. The van der Waals surface area contributed by atoms with Gasteiger partial charge in [0.1, 0.15) is 5.52 Å². The zero-order chi connectivity index (χ0) is 17.5. The number of oxazole rings is 1. The first-order valence-corrected chi connectivity index (χ1v) is 7.71. The zero-order valence-electron chi connectivity index (χ0n) is 14.1. The summed E-state index contributed by atoms with van der Waals surface area (Å²) in [6.45, 7) is 0.267. The molecule has 6 nitrogen and oxygen atoms in total. The average molecular weight is 341 g/mol. The molecule has 0 fully saturated rings. The van der Waals surface area contributed by atoms with E-state index in [-0.39, 0.29) is 13.6 Å². The fourth-order valence-corrected chi connectivity index (χ4v) is 2.23. The van der Waals surface area contributed by atoms with Crippen molar-refractivity contribution in [2.75, 3.05) is 27.8 Å². The minimum atomic E-state index is 0.127. The van der Waals surface area contributed by atoms with Gasteiger partial charge in [0.05, 0.1) is 0 Å². The van der Waals surface area contributed by atoms with Crippen LogP contribution in [-0.4, -0.2) is 32.8 Å². The molecule has 6 heteroatoms. The number of hydrogen-bond donors (Lipinski definition) is 0. The van der Waals surface area contributed by atoms with Gasteiger partial charge in [-0.3, -0.25) is 0 Å². The van der Waals surface area contributed by atoms with Gasteiger partial charge in [-0.25, -0.2) is 4.98 Å². The van der Waals surface area contributed by atoms with Crippen LogP contribution in [0.5, 0.6) is 11.5 Å². The van der Waals surface area contributed by atoms with Crippen LogP contribution in [0.2, 0.25) is 0 Å². The molecule has 0 radical (unpaired) electrons. The highest BCUT2D eigenvalue weighted by atomic mass is 16.7. The molecule has 1 aromatic heterocycles. The van der Waals surface area contributed by atoms with Gasteiger partial charge in [0.25, 0.3) is 0 Å². The third-order valence-corrected chi connectivity index (χ3v) is 3.36.